The van der Waals surface area contributed by atoms with Gasteiger partial charge in [0.25, 0.3) is 11.5 Å². The van der Waals surface area contributed by atoms with E-state index in [9.17, 15) is 14.0 Å². The van der Waals surface area contributed by atoms with Gasteiger partial charge >= 0.3 is 0 Å². The zero-order chi connectivity index (χ0) is 31.2. The summed E-state index contributed by atoms with van der Waals surface area (Å²) in [6.45, 7) is 8.96. The van der Waals surface area contributed by atoms with Gasteiger partial charge in [-0.2, -0.15) is 0 Å². The molecule has 2 fully saturated rings. The van der Waals surface area contributed by atoms with Crippen LogP contribution in [0.2, 0.25) is 0 Å². The summed E-state index contributed by atoms with van der Waals surface area (Å²) in [5.41, 5.74) is 2.26. The SMILES string of the molecule is CC[C@H](NC(=O)c1c(CN2CCC(CCN3CCOCC3)CC2)n(-c2cccc(F)c2)c(=O)c2ccccc12)c1ccccc1. The highest BCUT2D eigenvalue weighted by molar-refractivity contribution is 6.08. The third-order valence-electron chi connectivity index (χ3n) is 9.44. The number of pyridine rings is 1. The zero-order valence-corrected chi connectivity index (χ0v) is 26.1. The van der Waals surface area contributed by atoms with Crippen molar-refractivity contribution in [2.24, 2.45) is 5.92 Å². The first-order valence-electron chi connectivity index (χ1n) is 16.3. The quantitative estimate of drug-likeness (QED) is 0.241. The van der Waals surface area contributed by atoms with Crippen molar-refractivity contribution >= 4 is 16.7 Å². The number of hydrogen-bond donors (Lipinski definition) is 1. The molecule has 1 aromatic heterocycles. The lowest BCUT2D eigenvalue weighted by Gasteiger charge is -2.34. The molecule has 0 saturated carbocycles. The van der Waals surface area contributed by atoms with Gasteiger partial charge in [-0.25, -0.2) is 4.39 Å². The van der Waals surface area contributed by atoms with Crippen molar-refractivity contribution in [1.29, 1.82) is 0 Å². The normalized spacial score (nSPS) is 17.4. The second kappa shape index (κ2) is 14.5. The fourth-order valence-corrected chi connectivity index (χ4v) is 6.86. The third-order valence-corrected chi connectivity index (χ3v) is 9.44. The number of morpholine rings is 1. The number of amides is 1. The number of likely N-dealkylation sites (tertiary alicyclic amines) is 1. The number of hydrogen-bond acceptors (Lipinski definition) is 5. The van der Waals surface area contributed by atoms with E-state index in [-0.39, 0.29) is 17.5 Å². The molecule has 3 heterocycles. The number of aromatic nitrogens is 1. The minimum atomic E-state index is -0.430. The Bertz CT molecular complexity index is 1660. The van der Waals surface area contributed by atoms with E-state index in [1.54, 1.807) is 22.8 Å². The summed E-state index contributed by atoms with van der Waals surface area (Å²) < 4.78 is 21.7. The molecule has 0 bridgehead atoms. The van der Waals surface area contributed by atoms with Crippen molar-refractivity contribution in [3.05, 3.63) is 112 Å². The molecule has 0 aliphatic carbocycles. The van der Waals surface area contributed by atoms with E-state index in [4.69, 9.17) is 4.74 Å². The van der Waals surface area contributed by atoms with Crippen LogP contribution in [0.4, 0.5) is 4.39 Å². The van der Waals surface area contributed by atoms with E-state index in [0.717, 1.165) is 64.3 Å². The fraction of sp³-hybridized carbons (Fsp3) is 0.405. The monoisotopic (exact) mass is 610 g/mol. The highest BCUT2D eigenvalue weighted by Crippen LogP contribution is 2.28. The van der Waals surface area contributed by atoms with Gasteiger partial charge in [0, 0.05) is 30.4 Å². The number of fused-ring (bicyclic) bond motifs is 1. The lowest BCUT2D eigenvalue weighted by molar-refractivity contribution is 0.0334. The van der Waals surface area contributed by atoms with Crippen LogP contribution in [0.5, 0.6) is 0 Å². The number of rotatable bonds is 10. The molecule has 3 aromatic carbocycles. The van der Waals surface area contributed by atoms with Crippen molar-refractivity contribution in [3.63, 3.8) is 0 Å². The molecule has 6 rings (SSSR count). The Kier molecular flexibility index (Phi) is 10.0. The number of nitrogens with one attached hydrogen (secondary N) is 1. The molecule has 1 amide bonds. The maximum Gasteiger partial charge on any atom is 0.263 e. The smallest absolute Gasteiger partial charge is 0.263 e. The van der Waals surface area contributed by atoms with Crippen LogP contribution in [0.3, 0.4) is 0 Å². The molecule has 2 aliphatic rings. The van der Waals surface area contributed by atoms with Crippen LogP contribution < -0.4 is 10.9 Å². The predicted octanol–water partition coefficient (Wildman–Crippen LogP) is 5.95. The molecule has 0 unspecified atom stereocenters. The molecule has 7 nitrogen and oxygen atoms in total. The second-order valence-corrected chi connectivity index (χ2v) is 12.3. The zero-order valence-electron chi connectivity index (χ0n) is 26.1. The molecule has 2 aliphatic heterocycles. The van der Waals surface area contributed by atoms with Crippen molar-refractivity contribution < 1.29 is 13.9 Å². The van der Waals surface area contributed by atoms with E-state index in [0.29, 0.717) is 46.6 Å². The van der Waals surface area contributed by atoms with Gasteiger partial charge in [-0.15, -0.1) is 0 Å². The number of benzene rings is 3. The predicted molar refractivity (Wildman–Crippen MR) is 176 cm³/mol. The Balaban J connectivity index is 1.35. The second-order valence-electron chi connectivity index (χ2n) is 12.3. The van der Waals surface area contributed by atoms with E-state index in [1.807, 2.05) is 55.5 Å². The van der Waals surface area contributed by atoms with E-state index < -0.39 is 5.82 Å². The number of ether oxygens (including phenoxy) is 1. The molecular weight excluding hydrogens is 567 g/mol. The number of carbonyl (C=O) groups excluding carboxylic acids is 1. The Morgan fingerprint density at radius 3 is 2.33 bits per heavy atom. The summed E-state index contributed by atoms with van der Waals surface area (Å²) >= 11 is 0. The van der Waals surface area contributed by atoms with Crippen LogP contribution in [-0.4, -0.2) is 66.2 Å². The molecule has 0 spiro atoms. The Labute approximate surface area is 264 Å². The highest BCUT2D eigenvalue weighted by atomic mass is 19.1. The van der Waals surface area contributed by atoms with Crippen LogP contribution in [0.25, 0.3) is 16.5 Å². The summed E-state index contributed by atoms with van der Waals surface area (Å²) in [5, 5.41) is 4.33. The minimum Gasteiger partial charge on any atom is -0.379 e. The van der Waals surface area contributed by atoms with Crippen LogP contribution in [0.1, 0.15) is 60.3 Å². The molecule has 8 heteroatoms. The molecule has 0 radical (unpaired) electrons. The molecule has 2 saturated heterocycles. The van der Waals surface area contributed by atoms with Gasteiger partial charge in [0.05, 0.1) is 36.2 Å². The van der Waals surface area contributed by atoms with Crippen LogP contribution in [0, 0.1) is 11.7 Å². The lowest BCUT2D eigenvalue weighted by Crippen LogP contribution is -2.40. The van der Waals surface area contributed by atoms with Crippen molar-refractivity contribution in [1.82, 2.24) is 19.7 Å². The van der Waals surface area contributed by atoms with Gasteiger partial charge in [0.1, 0.15) is 5.82 Å². The summed E-state index contributed by atoms with van der Waals surface area (Å²) in [4.78, 5) is 33.4. The van der Waals surface area contributed by atoms with Gasteiger partial charge in [0.15, 0.2) is 0 Å². The third kappa shape index (κ3) is 7.19. The van der Waals surface area contributed by atoms with Crippen LogP contribution in [-0.2, 0) is 11.3 Å². The fourth-order valence-electron chi connectivity index (χ4n) is 6.86. The van der Waals surface area contributed by atoms with Crippen LogP contribution >= 0.6 is 0 Å². The number of carbonyl (C=O) groups is 1. The first-order chi connectivity index (χ1) is 22.0. The average molecular weight is 611 g/mol. The van der Waals surface area contributed by atoms with E-state index >= 15 is 0 Å². The summed E-state index contributed by atoms with van der Waals surface area (Å²) in [5.74, 6) is -0.0202. The van der Waals surface area contributed by atoms with Crippen molar-refractivity contribution in [2.45, 2.75) is 45.2 Å². The Morgan fingerprint density at radius 2 is 1.62 bits per heavy atom. The van der Waals surface area contributed by atoms with E-state index in [1.165, 1.54) is 18.6 Å². The van der Waals surface area contributed by atoms with E-state index in [2.05, 4.69) is 15.1 Å². The number of nitrogens with zero attached hydrogens (tertiary/aromatic N) is 3. The number of piperidine rings is 1. The van der Waals surface area contributed by atoms with Crippen molar-refractivity contribution in [2.75, 3.05) is 45.9 Å². The largest absolute Gasteiger partial charge is 0.379 e. The summed E-state index contributed by atoms with van der Waals surface area (Å²) in [6.07, 6.45) is 4.01. The molecule has 45 heavy (non-hydrogen) atoms. The van der Waals surface area contributed by atoms with Gasteiger partial charge < -0.3 is 10.1 Å². The Hall–Kier alpha value is -3.85. The van der Waals surface area contributed by atoms with Crippen molar-refractivity contribution in [3.8, 4) is 5.69 Å². The molecular formula is C37H43FN4O3. The van der Waals surface area contributed by atoms with Gasteiger partial charge in [0.2, 0.25) is 0 Å². The minimum absolute atomic E-state index is 0.193. The topological polar surface area (TPSA) is 66.8 Å². The Morgan fingerprint density at radius 1 is 0.911 bits per heavy atom. The average Bonchev–Trinajstić information content (AvgIpc) is 3.08. The van der Waals surface area contributed by atoms with Gasteiger partial charge in [-0.3, -0.25) is 24.0 Å². The first-order valence-corrected chi connectivity index (χ1v) is 16.3. The molecule has 236 valence electrons. The maximum atomic E-state index is 14.6. The first kappa shape index (κ1) is 31.1. The summed E-state index contributed by atoms with van der Waals surface area (Å²) in [6, 6.07) is 23.1. The molecule has 1 atom stereocenters. The van der Waals surface area contributed by atoms with Gasteiger partial charge in [-0.05, 0) is 81.1 Å². The maximum absolute atomic E-state index is 14.6. The van der Waals surface area contributed by atoms with Gasteiger partial charge in [-0.1, -0.05) is 61.5 Å². The molecule has 4 aromatic rings. The van der Waals surface area contributed by atoms with Crippen LogP contribution in [0.15, 0.2) is 83.7 Å². The summed E-state index contributed by atoms with van der Waals surface area (Å²) in [7, 11) is 0. The standard InChI is InChI=1S/C37H43FN4O3/c1-2-33(28-9-4-3-5-10-28)39-36(43)35-31-13-6-7-14-32(31)37(44)42(30-12-8-11-29(38)25-30)34(35)26-41-19-16-27(17-20-41)15-18-40-21-23-45-24-22-40/h3-14,25,27,33H,2,15-24,26H2,1H3,(H,39,43)/t33-/m0/s1. The lowest BCUT2D eigenvalue weighted by atomic mass is 9.92. The molecule has 1 N–H and O–H groups in total. The highest BCUT2D eigenvalue weighted by Gasteiger charge is 2.28. The number of halogens is 1.